The van der Waals surface area contributed by atoms with Crippen molar-refractivity contribution in [3.63, 3.8) is 0 Å². The zero-order valence-electron chi connectivity index (χ0n) is 10.7. The van der Waals surface area contributed by atoms with Gasteiger partial charge in [0, 0.05) is 7.05 Å². The summed E-state index contributed by atoms with van der Waals surface area (Å²) in [6, 6.07) is 0.125. The van der Waals surface area contributed by atoms with Crippen molar-refractivity contribution in [2.24, 2.45) is 18.4 Å². The molecule has 4 aliphatic rings. The topological polar surface area (TPSA) is 48.9 Å². The summed E-state index contributed by atoms with van der Waals surface area (Å²) < 4.78 is 4.61. The summed E-state index contributed by atoms with van der Waals surface area (Å²) in [7, 11) is 1.57. The molecule has 2 aliphatic carbocycles. The van der Waals surface area contributed by atoms with Crippen molar-refractivity contribution in [1.82, 2.24) is 13.9 Å². The molecule has 0 N–H and O–H groups in total. The van der Waals surface area contributed by atoms with E-state index < -0.39 is 0 Å². The number of allylic oxidation sites excluding steroid dienone is 2. The summed E-state index contributed by atoms with van der Waals surface area (Å²) in [6.07, 6.45) is 7.78. The molecule has 1 aromatic heterocycles. The zero-order valence-corrected chi connectivity index (χ0v) is 10.7. The Morgan fingerprint density at radius 3 is 2.72 bits per heavy atom. The second kappa shape index (κ2) is 2.90. The molecule has 0 radical (unpaired) electrons. The molecule has 5 nitrogen and oxygen atoms in total. The fraction of sp³-hybridized carbons (Fsp3) is 0.692. The third-order valence-electron chi connectivity index (χ3n) is 5.40. The third-order valence-corrected chi connectivity index (χ3v) is 5.40. The molecule has 0 saturated heterocycles. The van der Waals surface area contributed by atoms with Crippen LogP contribution in [-0.2, 0) is 7.05 Å². The highest BCUT2D eigenvalue weighted by molar-refractivity contribution is 5.20. The molecule has 5 heteroatoms. The molecule has 18 heavy (non-hydrogen) atoms. The fourth-order valence-electron chi connectivity index (χ4n) is 4.43. The molecule has 1 aromatic rings. The van der Waals surface area contributed by atoms with Crippen molar-refractivity contribution >= 4 is 0 Å². The Hall–Kier alpha value is -1.52. The first kappa shape index (κ1) is 10.4. The zero-order chi connectivity index (χ0) is 12.7. The largest absolute Gasteiger partial charge is 0.347 e. The van der Waals surface area contributed by atoms with Crippen LogP contribution in [0, 0.1) is 11.3 Å². The van der Waals surface area contributed by atoms with Crippen LogP contribution in [-0.4, -0.2) is 13.9 Å². The van der Waals surface area contributed by atoms with Crippen molar-refractivity contribution in [1.29, 1.82) is 0 Å². The lowest BCUT2D eigenvalue weighted by Gasteiger charge is -2.49. The molecule has 0 unspecified atom stereocenters. The van der Waals surface area contributed by atoms with E-state index in [1.165, 1.54) is 11.0 Å². The maximum absolute atomic E-state index is 12.2. The van der Waals surface area contributed by atoms with E-state index in [9.17, 15) is 9.59 Å². The van der Waals surface area contributed by atoms with Gasteiger partial charge >= 0.3 is 11.4 Å². The minimum Gasteiger partial charge on any atom is -0.246 e. The summed E-state index contributed by atoms with van der Waals surface area (Å²) >= 11 is 0. The Morgan fingerprint density at radius 1 is 1.22 bits per heavy atom. The van der Waals surface area contributed by atoms with E-state index in [0.29, 0.717) is 5.92 Å². The average Bonchev–Trinajstić information content (AvgIpc) is 2.87. The van der Waals surface area contributed by atoms with Crippen LogP contribution in [0.2, 0.25) is 0 Å². The van der Waals surface area contributed by atoms with Crippen LogP contribution >= 0.6 is 0 Å². The van der Waals surface area contributed by atoms with Gasteiger partial charge in [-0.1, -0.05) is 25.5 Å². The van der Waals surface area contributed by atoms with Crippen LogP contribution in [0.3, 0.4) is 0 Å². The maximum Gasteiger partial charge on any atom is 0.347 e. The first-order valence-corrected chi connectivity index (χ1v) is 6.64. The Kier molecular flexibility index (Phi) is 1.67. The van der Waals surface area contributed by atoms with Gasteiger partial charge in [0.15, 0.2) is 0 Å². The van der Waals surface area contributed by atoms with Gasteiger partial charge in [-0.2, -0.15) is 0 Å². The van der Waals surface area contributed by atoms with Crippen LogP contribution in [0.1, 0.15) is 38.3 Å². The van der Waals surface area contributed by atoms with Crippen LogP contribution in [0.15, 0.2) is 21.7 Å². The van der Waals surface area contributed by atoms with Crippen molar-refractivity contribution < 1.29 is 0 Å². The molecule has 2 bridgehead atoms. The highest BCUT2D eigenvalue weighted by Crippen LogP contribution is 2.59. The normalized spacial score (nSPS) is 40.0. The highest BCUT2D eigenvalue weighted by Gasteiger charge is 2.55. The van der Waals surface area contributed by atoms with Crippen molar-refractivity contribution in [2.45, 2.75) is 38.3 Å². The highest BCUT2D eigenvalue weighted by atomic mass is 16.2. The van der Waals surface area contributed by atoms with Gasteiger partial charge < -0.3 is 0 Å². The summed E-state index contributed by atoms with van der Waals surface area (Å²) in [5.74, 6) is 0.506. The monoisotopic (exact) mass is 247 g/mol. The molecule has 0 spiro atoms. The molecule has 0 aromatic carbocycles. The molecule has 5 rings (SSSR count). The lowest BCUT2D eigenvalue weighted by molar-refractivity contribution is 0.0361. The first-order valence-electron chi connectivity index (χ1n) is 6.64. The van der Waals surface area contributed by atoms with Crippen LogP contribution in [0.5, 0.6) is 0 Å². The standard InChI is InChI=1S/C13H17N3O2/c1-13-7-3-4-8(13)9-5-6-10(13)16-12(18)14(2)11(17)15(9)16/h5-6,8-10H,3-4,7H2,1-2H3/t8-,9+,10+,13-/m1/s1. The summed E-state index contributed by atoms with van der Waals surface area (Å²) in [5.41, 5.74) is -0.198. The summed E-state index contributed by atoms with van der Waals surface area (Å²) in [4.78, 5) is 24.4. The quantitative estimate of drug-likeness (QED) is 0.637. The molecule has 96 valence electrons. The minimum absolute atomic E-state index is 0.0522. The third kappa shape index (κ3) is 0.886. The van der Waals surface area contributed by atoms with E-state index >= 15 is 0 Å². The predicted molar refractivity (Wildman–Crippen MR) is 66.6 cm³/mol. The molecule has 0 amide bonds. The van der Waals surface area contributed by atoms with E-state index in [0.717, 1.165) is 12.8 Å². The number of hydrogen-bond acceptors (Lipinski definition) is 2. The summed E-state index contributed by atoms with van der Waals surface area (Å²) in [6.45, 7) is 2.28. The predicted octanol–water partition coefficient (Wildman–Crippen LogP) is 0.820. The van der Waals surface area contributed by atoms with Gasteiger partial charge in [-0.05, 0) is 24.2 Å². The maximum atomic E-state index is 12.2. The SMILES string of the molecule is Cn1c(=O)n2n(c1=O)[C@H]1C=C[C@H]2[C@]2(C)CCC[C@H]12. The van der Waals surface area contributed by atoms with E-state index in [1.54, 1.807) is 16.4 Å². The van der Waals surface area contributed by atoms with Gasteiger partial charge in [0.2, 0.25) is 0 Å². The van der Waals surface area contributed by atoms with Gasteiger partial charge in [0.1, 0.15) is 0 Å². The number of aromatic nitrogens is 3. The fourth-order valence-corrected chi connectivity index (χ4v) is 4.43. The van der Waals surface area contributed by atoms with Crippen molar-refractivity contribution in [3.05, 3.63) is 33.1 Å². The Bertz CT molecular complexity index is 677. The number of rotatable bonds is 0. The van der Waals surface area contributed by atoms with Crippen LogP contribution < -0.4 is 11.4 Å². The lowest BCUT2D eigenvalue weighted by atomic mass is 9.66. The molecular weight excluding hydrogens is 230 g/mol. The average molecular weight is 247 g/mol. The van der Waals surface area contributed by atoms with Gasteiger partial charge in [0.05, 0.1) is 12.1 Å². The van der Waals surface area contributed by atoms with Gasteiger partial charge in [0.25, 0.3) is 0 Å². The summed E-state index contributed by atoms with van der Waals surface area (Å²) in [5, 5.41) is 0. The van der Waals surface area contributed by atoms with E-state index in [1.807, 2.05) is 0 Å². The lowest BCUT2D eigenvalue weighted by Crippen LogP contribution is -2.52. The van der Waals surface area contributed by atoms with E-state index in [4.69, 9.17) is 0 Å². The van der Waals surface area contributed by atoms with Crippen LogP contribution in [0.4, 0.5) is 0 Å². The molecule has 3 heterocycles. The van der Waals surface area contributed by atoms with Crippen molar-refractivity contribution in [3.8, 4) is 0 Å². The molecule has 4 atom stereocenters. The Balaban J connectivity index is 2.09. The second-order valence-corrected chi connectivity index (χ2v) is 6.14. The Morgan fingerprint density at radius 2 is 1.94 bits per heavy atom. The van der Waals surface area contributed by atoms with E-state index in [-0.39, 0.29) is 28.9 Å². The van der Waals surface area contributed by atoms with Crippen molar-refractivity contribution in [2.75, 3.05) is 0 Å². The van der Waals surface area contributed by atoms with Gasteiger partial charge in [-0.15, -0.1) is 0 Å². The second-order valence-electron chi connectivity index (χ2n) is 6.14. The molecule has 1 saturated carbocycles. The minimum atomic E-state index is -0.175. The Labute approximate surface area is 104 Å². The number of nitrogens with zero attached hydrogens (tertiary/aromatic N) is 3. The number of hydrogen-bond donors (Lipinski definition) is 0. The molecule has 2 aliphatic heterocycles. The molecular formula is C13H17N3O2. The van der Waals surface area contributed by atoms with Gasteiger partial charge in [-0.25, -0.2) is 23.5 Å². The van der Waals surface area contributed by atoms with Gasteiger partial charge in [-0.3, -0.25) is 0 Å². The van der Waals surface area contributed by atoms with Crippen LogP contribution in [0.25, 0.3) is 0 Å². The molecule has 1 fully saturated rings. The first-order chi connectivity index (χ1) is 8.55. The van der Waals surface area contributed by atoms with E-state index in [2.05, 4.69) is 19.1 Å². The smallest absolute Gasteiger partial charge is 0.246 e.